The van der Waals surface area contributed by atoms with Gasteiger partial charge < -0.3 is 0 Å². The van der Waals surface area contributed by atoms with Crippen molar-refractivity contribution in [3.05, 3.63) is 48.1 Å². The van der Waals surface area contributed by atoms with Crippen LogP contribution in [0.1, 0.15) is 63.4 Å². The first-order valence-corrected chi connectivity index (χ1v) is 9.72. The quantitative estimate of drug-likeness (QED) is 0.526. The van der Waals surface area contributed by atoms with Crippen LogP contribution in [0.5, 0.6) is 0 Å². The van der Waals surface area contributed by atoms with Gasteiger partial charge >= 0.3 is 0 Å². The second-order valence-corrected chi connectivity index (χ2v) is 7.98. The Hall–Kier alpha value is -1.18. The third kappa shape index (κ3) is 4.46. The first-order chi connectivity index (χ1) is 11.7. The van der Waals surface area contributed by atoms with Crippen LogP contribution in [0.25, 0.3) is 0 Å². The Morgan fingerprint density at radius 3 is 2.08 bits per heavy atom. The van der Waals surface area contributed by atoms with Crippen LogP contribution in [0.3, 0.4) is 0 Å². The van der Waals surface area contributed by atoms with E-state index in [9.17, 15) is 8.78 Å². The summed E-state index contributed by atoms with van der Waals surface area (Å²) in [5.74, 6) is 1.92. The number of aryl methyl sites for hydroxylation is 1. The van der Waals surface area contributed by atoms with Gasteiger partial charge in [0, 0.05) is 0 Å². The van der Waals surface area contributed by atoms with Crippen LogP contribution in [0.4, 0.5) is 8.78 Å². The fourth-order valence-electron chi connectivity index (χ4n) is 4.87. The van der Waals surface area contributed by atoms with Crippen LogP contribution in [0.2, 0.25) is 0 Å². The Morgan fingerprint density at radius 2 is 1.50 bits per heavy atom. The van der Waals surface area contributed by atoms with E-state index in [1.54, 1.807) is 6.07 Å². The van der Waals surface area contributed by atoms with E-state index in [4.69, 9.17) is 0 Å². The first-order valence-electron chi connectivity index (χ1n) is 9.72. The Labute approximate surface area is 145 Å². The van der Waals surface area contributed by atoms with E-state index in [0.717, 1.165) is 42.1 Å². The standard InChI is InChI=1S/C22H30F2/c1-2-16-5-10-19(11-6-16)20-12-7-17(8-13-20)3-4-18-9-14-21(23)22(24)15-18/h2,9,14-17,19-20H,1,3-8,10-13H2. The van der Waals surface area contributed by atoms with Gasteiger partial charge in [0.15, 0.2) is 11.6 Å². The lowest BCUT2D eigenvalue weighted by molar-refractivity contribution is 0.153. The fourth-order valence-corrected chi connectivity index (χ4v) is 4.87. The first kappa shape index (κ1) is 17.6. The second-order valence-electron chi connectivity index (χ2n) is 7.98. The van der Waals surface area contributed by atoms with Crippen molar-refractivity contribution in [1.82, 2.24) is 0 Å². The third-order valence-electron chi connectivity index (χ3n) is 6.53. The van der Waals surface area contributed by atoms with Gasteiger partial charge in [0.2, 0.25) is 0 Å². The number of halogens is 2. The maximum Gasteiger partial charge on any atom is 0.159 e. The van der Waals surface area contributed by atoms with E-state index in [1.165, 1.54) is 63.5 Å². The molecule has 2 aliphatic carbocycles. The Bertz CT molecular complexity index is 535. The minimum atomic E-state index is -0.745. The summed E-state index contributed by atoms with van der Waals surface area (Å²) in [7, 11) is 0. The highest BCUT2D eigenvalue weighted by molar-refractivity contribution is 5.17. The van der Waals surface area contributed by atoms with Crippen molar-refractivity contribution in [2.75, 3.05) is 0 Å². The van der Waals surface area contributed by atoms with Gasteiger partial charge in [-0.1, -0.05) is 25.0 Å². The number of allylic oxidation sites excluding steroid dienone is 1. The molecule has 1 aromatic carbocycles. The summed E-state index contributed by atoms with van der Waals surface area (Å²) in [5.41, 5.74) is 0.929. The molecule has 132 valence electrons. The monoisotopic (exact) mass is 332 g/mol. The van der Waals surface area contributed by atoms with E-state index in [-0.39, 0.29) is 0 Å². The number of hydrogen-bond acceptors (Lipinski definition) is 0. The summed E-state index contributed by atoms with van der Waals surface area (Å²) in [6.07, 6.45) is 14.9. The summed E-state index contributed by atoms with van der Waals surface area (Å²) in [5, 5.41) is 0. The molecule has 0 radical (unpaired) electrons. The predicted octanol–water partition coefficient (Wildman–Crippen LogP) is 6.70. The van der Waals surface area contributed by atoms with Crippen molar-refractivity contribution < 1.29 is 8.78 Å². The average Bonchev–Trinajstić information content (AvgIpc) is 2.63. The minimum absolute atomic E-state index is 0.716. The van der Waals surface area contributed by atoms with Crippen molar-refractivity contribution in [1.29, 1.82) is 0 Å². The van der Waals surface area contributed by atoms with Crippen LogP contribution in [-0.2, 0) is 6.42 Å². The highest BCUT2D eigenvalue weighted by atomic mass is 19.2. The van der Waals surface area contributed by atoms with Gasteiger partial charge in [-0.05, 0) is 92.7 Å². The van der Waals surface area contributed by atoms with Gasteiger partial charge in [0.05, 0.1) is 0 Å². The number of rotatable bonds is 5. The Kier molecular flexibility index (Phi) is 6.08. The fraction of sp³-hybridized carbons (Fsp3) is 0.636. The highest BCUT2D eigenvalue weighted by Gasteiger charge is 2.30. The van der Waals surface area contributed by atoms with E-state index in [1.807, 2.05) is 0 Å². The lowest BCUT2D eigenvalue weighted by atomic mass is 9.68. The average molecular weight is 332 g/mol. The molecule has 0 amide bonds. The van der Waals surface area contributed by atoms with Gasteiger partial charge in [-0.2, -0.15) is 0 Å². The van der Waals surface area contributed by atoms with Crippen LogP contribution < -0.4 is 0 Å². The van der Waals surface area contributed by atoms with Crippen molar-refractivity contribution in [2.24, 2.45) is 23.7 Å². The normalized spacial score (nSPS) is 30.9. The van der Waals surface area contributed by atoms with Gasteiger partial charge in [0.25, 0.3) is 0 Å². The molecule has 0 saturated heterocycles. The Balaban J connectivity index is 1.40. The maximum atomic E-state index is 13.3. The molecule has 0 aliphatic heterocycles. The minimum Gasteiger partial charge on any atom is -0.204 e. The summed E-state index contributed by atoms with van der Waals surface area (Å²) in [6, 6.07) is 4.34. The lowest BCUT2D eigenvalue weighted by Gasteiger charge is -2.37. The molecule has 0 atom stereocenters. The summed E-state index contributed by atoms with van der Waals surface area (Å²) in [4.78, 5) is 0. The van der Waals surface area contributed by atoms with Crippen LogP contribution >= 0.6 is 0 Å². The van der Waals surface area contributed by atoms with Gasteiger partial charge in [-0.25, -0.2) is 8.78 Å². The maximum absolute atomic E-state index is 13.3. The van der Waals surface area contributed by atoms with Gasteiger partial charge in [0.1, 0.15) is 0 Å². The smallest absolute Gasteiger partial charge is 0.159 e. The van der Waals surface area contributed by atoms with Crippen molar-refractivity contribution in [2.45, 2.75) is 64.2 Å². The van der Waals surface area contributed by atoms with E-state index in [2.05, 4.69) is 12.7 Å². The molecule has 0 heterocycles. The molecule has 2 aliphatic rings. The highest BCUT2D eigenvalue weighted by Crippen LogP contribution is 2.42. The molecule has 24 heavy (non-hydrogen) atoms. The van der Waals surface area contributed by atoms with Crippen molar-refractivity contribution >= 4 is 0 Å². The molecule has 0 bridgehead atoms. The molecule has 1 aromatic rings. The van der Waals surface area contributed by atoms with Gasteiger partial charge in [-0.3, -0.25) is 0 Å². The SMILES string of the molecule is C=CC1CCC(C2CCC(CCc3ccc(F)c(F)c3)CC2)CC1. The zero-order valence-electron chi connectivity index (χ0n) is 14.7. The van der Waals surface area contributed by atoms with Crippen molar-refractivity contribution in [3.8, 4) is 0 Å². The van der Waals surface area contributed by atoms with Crippen molar-refractivity contribution in [3.63, 3.8) is 0 Å². The molecule has 2 heteroatoms. The molecule has 2 saturated carbocycles. The van der Waals surface area contributed by atoms with Crippen LogP contribution in [0, 0.1) is 35.3 Å². The van der Waals surface area contributed by atoms with E-state index in [0.29, 0.717) is 0 Å². The molecule has 0 nitrogen and oxygen atoms in total. The largest absolute Gasteiger partial charge is 0.204 e. The summed E-state index contributed by atoms with van der Waals surface area (Å²) >= 11 is 0. The molecule has 3 rings (SSSR count). The molecule has 2 fully saturated rings. The molecule has 0 spiro atoms. The Morgan fingerprint density at radius 1 is 0.875 bits per heavy atom. The van der Waals surface area contributed by atoms with Crippen LogP contribution in [0.15, 0.2) is 30.9 Å². The summed E-state index contributed by atoms with van der Waals surface area (Å²) < 4.78 is 26.3. The third-order valence-corrected chi connectivity index (χ3v) is 6.53. The van der Waals surface area contributed by atoms with E-state index >= 15 is 0 Å². The molecular weight excluding hydrogens is 302 g/mol. The zero-order valence-corrected chi connectivity index (χ0v) is 14.7. The molecule has 0 unspecified atom stereocenters. The zero-order chi connectivity index (χ0) is 16.9. The molecule has 0 aromatic heterocycles. The molecular formula is C22H30F2. The van der Waals surface area contributed by atoms with Crippen LogP contribution in [-0.4, -0.2) is 0 Å². The lowest BCUT2D eigenvalue weighted by Crippen LogP contribution is -2.25. The predicted molar refractivity (Wildman–Crippen MR) is 95.8 cm³/mol. The second kappa shape index (κ2) is 8.27. The number of benzene rings is 1. The van der Waals surface area contributed by atoms with E-state index < -0.39 is 11.6 Å². The summed E-state index contributed by atoms with van der Waals surface area (Å²) in [6.45, 7) is 3.94. The number of hydrogen-bond donors (Lipinski definition) is 0. The van der Waals surface area contributed by atoms with Gasteiger partial charge in [-0.15, -0.1) is 6.58 Å². The topological polar surface area (TPSA) is 0 Å². The molecule has 0 N–H and O–H groups in total.